The lowest BCUT2D eigenvalue weighted by molar-refractivity contribution is 0.317. The van der Waals surface area contributed by atoms with Crippen molar-refractivity contribution in [3.8, 4) is 17.2 Å². The number of hydrogen-bond donors (Lipinski definition) is 2. The SMILES string of the molecule is CCCOc1ccc2c(=O)c3c(O)cc(O)cc3oc2c1. The lowest BCUT2D eigenvalue weighted by Gasteiger charge is -2.07. The van der Waals surface area contributed by atoms with Crippen molar-refractivity contribution >= 4 is 21.9 Å². The van der Waals surface area contributed by atoms with Crippen molar-refractivity contribution in [2.45, 2.75) is 13.3 Å². The number of phenols is 2. The molecule has 0 spiro atoms. The fourth-order valence-corrected chi connectivity index (χ4v) is 2.23. The van der Waals surface area contributed by atoms with Gasteiger partial charge in [0.15, 0.2) is 0 Å². The molecule has 0 aliphatic carbocycles. The largest absolute Gasteiger partial charge is 0.508 e. The topological polar surface area (TPSA) is 79.9 Å². The second-order valence-electron chi connectivity index (χ2n) is 4.78. The molecule has 1 heterocycles. The number of rotatable bonds is 3. The van der Waals surface area contributed by atoms with E-state index in [0.717, 1.165) is 12.5 Å². The summed E-state index contributed by atoms with van der Waals surface area (Å²) in [6.45, 7) is 2.57. The average Bonchev–Trinajstić information content (AvgIpc) is 2.44. The lowest BCUT2D eigenvalue weighted by Crippen LogP contribution is -2.03. The van der Waals surface area contributed by atoms with Gasteiger partial charge in [-0.25, -0.2) is 0 Å². The maximum Gasteiger partial charge on any atom is 0.204 e. The van der Waals surface area contributed by atoms with Crippen LogP contribution in [0.1, 0.15) is 13.3 Å². The molecule has 0 atom stereocenters. The van der Waals surface area contributed by atoms with Gasteiger partial charge in [-0.15, -0.1) is 0 Å². The predicted molar refractivity (Wildman–Crippen MR) is 79.1 cm³/mol. The van der Waals surface area contributed by atoms with Crippen molar-refractivity contribution in [1.82, 2.24) is 0 Å². The van der Waals surface area contributed by atoms with E-state index in [2.05, 4.69) is 0 Å². The van der Waals surface area contributed by atoms with E-state index in [1.165, 1.54) is 6.07 Å². The molecule has 0 fully saturated rings. The molecule has 3 rings (SSSR count). The number of ether oxygens (including phenoxy) is 1. The second kappa shape index (κ2) is 5.01. The Kier molecular flexibility index (Phi) is 3.17. The Bertz CT molecular complexity index is 879. The van der Waals surface area contributed by atoms with Gasteiger partial charge in [-0.05, 0) is 18.6 Å². The molecule has 1 aromatic heterocycles. The van der Waals surface area contributed by atoms with E-state index in [0.29, 0.717) is 23.3 Å². The van der Waals surface area contributed by atoms with Gasteiger partial charge in [-0.2, -0.15) is 0 Å². The summed E-state index contributed by atoms with van der Waals surface area (Å²) in [5, 5.41) is 19.7. The second-order valence-corrected chi connectivity index (χ2v) is 4.78. The van der Waals surface area contributed by atoms with Crippen LogP contribution < -0.4 is 10.2 Å². The van der Waals surface area contributed by atoms with Gasteiger partial charge in [0.25, 0.3) is 0 Å². The summed E-state index contributed by atoms with van der Waals surface area (Å²) in [7, 11) is 0. The van der Waals surface area contributed by atoms with E-state index >= 15 is 0 Å². The first kappa shape index (κ1) is 13.3. The molecule has 21 heavy (non-hydrogen) atoms. The summed E-state index contributed by atoms with van der Waals surface area (Å²) in [5.74, 6) is 0.143. The Hall–Kier alpha value is -2.69. The number of aromatic hydroxyl groups is 2. The van der Waals surface area contributed by atoms with Gasteiger partial charge < -0.3 is 19.4 Å². The van der Waals surface area contributed by atoms with Crippen LogP contribution in [0.3, 0.4) is 0 Å². The van der Waals surface area contributed by atoms with Gasteiger partial charge in [-0.1, -0.05) is 6.92 Å². The van der Waals surface area contributed by atoms with E-state index in [-0.39, 0.29) is 27.9 Å². The van der Waals surface area contributed by atoms with Crippen LogP contribution in [0, 0.1) is 0 Å². The highest BCUT2D eigenvalue weighted by atomic mass is 16.5. The van der Waals surface area contributed by atoms with Gasteiger partial charge in [0.2, 0.25) is 5.43 Å². The van der Waals surface area contributed by atoms with Gasteiger partial charge in [-0.3, -0.25) is 4.79 Å². The fraction of sp³-hybridized carbons (Fsp3) is 0.188. The molecule has 0 saturated heterocycles. The van der Waals surface area contributed by atoms with E-state index in [4.69, 9.17) is 9.15 Å². The van der Waals surface area contributed by atoms with Crippen LogP contribution in [0.2, 0.25) is 0 Å². The fourth-order valence-electron chi connectivity index (χ4n) is 2.23. The van der Waals surface area contributed by atoms with Crippen molar-refractivity contribution in [1.29, 1.82) is 0 Å². The molecule has 2 aromatic carbocycles. The molecule has 0 bridgehead atoms. The Morgan fingerprint density at radius 1 is 1.14 bits per heavy atom. The van der Waals surface area contributed by atoms with Crippen molar-refractivity contribution in [2.24, 2.45) is 0 Å². The molecule has 3 aromatic rings. The monoisotopic (exact) mass is 286 g/mol. The van der Waals surface area contributed by atoms with Gasteiger partial charge >= 0.3 is 0 Å². The van der Waals surface area contributed by atoms with Crippen LogP contribution in [0.15, 0.2) is 39.5 Å². The Balaban J connectivity index is 2.29. The smallest absolute Gasteiger partial charge is 0.204 e. The summed E-state index contributed by atoms with van der Waals surface area (Å²) in [6, 6.07) is 7.35. The van der Waals surface area contributed by atoms with Crippen LogP contribution in [0.5, 0.6) is 17.2 Å². The molecule has 5 nitrogen and oxygen atoms in total. The molecule has 2 N–H and O–H groups in total. The minimum atomic E-state index is -0.342. The molecule has 0 radical (unpaired) electrons. The Morgan fingerprint density at radius 3 is 2.71 bits per heavy atom. The summed E-state index contributed by atoms with van der Waals surface area (Å²) in [5.41, 5.74) is 0.148. The standard InChI is InChI=1S/C16H14O5/c1-2-5-20-10-3-4-11-13(8-10)21-14-7-9(17)6-12(18)15(14)16(11)19/h3-4,6-8,17-18H,2,5H2,1H3. The highest BCUT2D eigenvalue weighted by molar-refractivity contribution is 5.94. The third-order valence-electron chi connectivity index (χ3n) is 3.18. The summed E-state index contributed by atoms with van der Waals surface area (Å²) >= 11 is 0. The molecule has 0 saturated carbocycles. The number of hydrogen-bond acceptors (Lipinski definition) is 5. The Labute approximate surface area is 120 Å². The van der Waals surface area contributed by atoms with E-state index in [9.17, 15) is 15.0 Å². The van der Waals surface area contributed by atoms with Crippen molar-refractivity contribution in [2.75, 3.05) is 6.61 Å². The molecule has 108 valence electrons. The van der Waals surface area contributed by atoms with Crippen molar-refractivity contribution in [3.63, 3.8) is 0 Å². The summed E-state index contributed by atoms with van der Waals surface area (Å²) < 4.78 is 11.1. The first-order chi connectivity index (χ1) is 10.1. The maximum absolute atomic E-state index is 12.4. The first-order valence-electron chi connectivity index (χ1n) is 6.65. The minimum absolute atomic E-state index is 0.0579. The third kappa shape index (κ3) is 2.27. The molecule has 0 aliphatic heterocycles. The zero-order valence-corrected chi connectivity index (χ0v) is 11.4. The van der Waals surface area contributed by atoms with E-state index in [1.807, 2.05) is 6.92 Å². The molecule has 0 unspecified atom stereocenters. The van der Waals surface area contributed by atoms with E-state index < -0.39 is 0 Å². The van der Waals surface area contributed by atoms with Gasteiger partial charge in [0, 0.05) is 18.2 Å². The zero-order valence-electron chi connectivity index (χ0n) is 11.4. The van der Waals surface area contributed by atoms with Crippen LogP contribution in [0.4, 0.5) is 0 Å². The van der Waals surface area contributed by atoms with E-state index in [1.54, 1.807) is 18.2 Å². The summed E-state index contributed by atoms with van der Waals surface area (Å²) in [4.78, 5) is 12.4. The molecular formula is C16H14O5. The van der Waals surface area contributed by atoms with Crippen LogP contribution >= 0.6 is 0 Å². The molecular weight excluding hydrogens is 272 g/mol. The normalized spacial score (nSPS) is 11.1. The quantitative estimate of drug-likeness (QED) is 0.723. The molecule has 0 aliphatic rings. The average molecular weight is 286 g/mol. The molecule has 5 heteroatoms. The third-order valence-corrected chi connectivity index (χ3v) is 3.18. The zero-order chi connectivity index (χ0) is 15.0. The number of phenolic OH excluding ortho intramolecular Hbond substituents is 2. The van der Waals surface area contributed by atoms with Crippen LogP contribution in [-0.4, -0.2) is 16.8 Å². The van der Waals surface area contributed by atoms with Crippen molar-refractivity contribution in [3.05, 3.63) is 40.6 Å². The lowest BCUT2D eigenvalue weighted by atomic mass is 10.1. The Morgan fingerprint density at radius 2 is 1.95 bits per heavy atom. The maximum atomic E-state index is 12.4. The predicted octanol–water partition coefficient (Wildman–Crippen LogP) is 3.15. The molecule has 0 amide bonds. The minimum Gasteiger partial charge on any atom is -0.508 e. The van der Waals surface area contributed by atoms with Crippen LogP contribution in [-0.2, 0) is 0 Å². The number of benzene rings is 2. The van der Waals surface area contributed by atoms with Crippen molar-refractivity contribution < 1.29 is 19.4 Å². The highest BCUT2D eigenvalue weighted by Gasteiger charge is 2.13. The van der Waals surface area contributed by atoms with Crippen LogP contribution in [0.25, 0.3) is 21.9 Å². The summed E-state index contributed by atoms with van der Waals surface area (Å²) in [6.07, 6.45) is 0.876. The van der Waals surface area contributed by atoms with Gasteiger partial charge in [0.05, 0.1) is 12.0 Å². The first-order valence-corrected chi connectivity index (χ1v) is 6.65. The van der Waals surface area contributed by atoms with Gasteiger partial charge in [0.1, 0.15) is 33.8 Å². The highest BCUT2D eigenvalue weighted by Crippen LogP contribution is 2.30. The number of fused-ring (bicyclic) bond motifs is 2.